The molecule has 0 radical (unpaired) electrons. The number of aryl methyl sites for hydroxylation is 1. The smallest absolute Gasteiger partial charge is 0.272 e. The highest BCUT2D eigenvalue weighted by molar-refractivity contribution is 5.93. The largest absolute Gasteiger partial charge is 0.493 e. The van der Waals surface area contributed by atoms with Gasteiger partial charge in [0.05, 0.1) is 18.8 Å². The van der Waals surface area contributed by atoms with Crippen molar-refractivity contribution in [2.45, 2.75) is 38.3 Å². The second-order valence-corrected chi connectivity index (χ2v) is 7.85. The van der Waals surface area contributed by atoms with Crippen LogP contribution in [0.2, 0.25) is 0 Å². The predicted octanol–water partition coefficient (Wildman–Crippen LogP) is 2.82. The third-order valence-corrected chi connectivity index (χ3v) is 5.89. The molecule has 0 unspecified atom stereocenters. The van der Waals surface area contributed by atoms with Crippen molar-refractivity contribution in [3.63, 3.8) is 0 Å². The molecule has 0 spiro atoms. The molecule has 6 nitrogen and oxygen atoms in total. The van der Waals surface area contributed by atoms with E-state index >= 15 is 0 Å². The summed E-state index contributed by atoms with van der Waals surface area (Å²) in [4.78, 5) is 17.5. The number of aliphatic hydroxyl groups excluding tert-OH is 1. The van der Waals surface area contributed by atoms with E-state index in [1.807, 2.05) is 41.8 Å². The van der Waals surface area contributed by atoms with Crippen LogP contribution in [0.15, 0.2) is 42.7 Å². The molecule has 0 saturated heterocycles. The lowest BCUT2D eigenvalue weighted by Gasteiger charge is -2.38. The van der Waals surface area contributed by atoms with E-state index < -0.39 is 0 Å². The molecule has 1 fully saturated rings. The van der Waals surface area contributed by atoms with Crippen LogP contribution in [-0.4, -0.2) is 33.1 Å². The van der Waals surface area contributed by atoms with Crippen molar-refractivity contribution in [1.29, 1.82) is 0 Å². The van der Waals surface area contributed by atoms with E-state index in [4.69, 9.17) is 4.74 Å². The van der Waals surface area contributed by atoms with E-state index in [1.165, 1.54) is 5.56 Å². The first kappa shape index (κ1) is 17.3. The summed E-state index contributed by atoms with van der Waals surface area (Å²) in [6.07, 6.45) is 5.67. The Labute approximate surface area is 163 Å². The number of fused-ring (bicyclic) bond motifs is 2. The Kier molecular flexibility index (Phi) is 4.09. The number of nitrogens with zero attached hydrogens (tertiary/aromatic N) is 2. The van der Waals surface area contributed by atoms with Gasteiger partial charge >= 0.3 is 0 Å². The number of benzene rings is 1. The Balaban J connectivity index is 1.44. The summed E-state index contributed by atoms with van der Waals surface area (Å²) >= 11 is 0. The summed E-state index contributed by atoms with van der Waals surface area (Å²) in [7, 11) is 0. The van der Waals surface area contributed by atoms with Gasteiger partial charge in [0.25, 0.3) is 5.91 Å². The molecule has 2 aromatic heterocycles. The molecule has 5 rings (SSSR count). The van der Waals surface area contributed by atoms with Crippen LogP contribution in [0.25, 0.3) is 5.65 Å². The van der Waals surface area contributed by atoms with Crippen molar-refractivity contribution in [3.8, 4) is 5.75 Å². The molecular formula is C22H23N3O3. The molecule has 1 aromatic carbocycles. The van der Waals surface area contributed by atoms with Gasteiger partial charge < -0.3 is 19.6 Å². The molecule has 2 aliphatic rings. The van der Waals surface area contributed by atoms with Gasteiger partial charge in [-0.2, -0.15) is 0 Å². The fourth-order valence-electron chi connectivity index (χ4n) is 4.25. The average molecular weight is 377 g/mol. The summed E-state index contributed by atoms with van der Waals surface area (Å²) in [5, 5.41) is 13.0. The zero-order chi connectivity index (χ0) is 19.3. The topological polar surface area (TPSA) is 75.9 Å². The van der Waals surface area contributed by atoms with Crippen LogP contribution in [0.1, 0.15) is 46.1 Å². The Morgan fingerprint density at radius 2 is 2.21 bits per heavy atom. The van der Waals surface area contributed by atoms with Crippen LogP contribution in [0.4, 0.5) is 0 Å². The highest BCUT2D eigenvalue weighted by Gasteiger charge is 2.36. The Morgan fingerprint density at radius 3 is 3.00 bits per heavy atom. The molecular weight excluding hydrogens is 354 g/mol. The third kappa shape index (κ3) is 2.94. The van der Waals surface area contributed by atoms with Gasteiger partial charge in [-0.05, 0) is 60.6 Å². The van der Waals surface area contributed by atoms with Crippen molar-refractivity contribution in [3.05, 3.63) is 65.1 Å². The molecule has 28 heavy (non-hydrogen) atoms. The number of carbonyl (C=O) groups excluding carboxylic acids is 1. The third-order valence-electron chi connectivity index (χ3n) is 5.89. The quantitative estimate of drug-likeness (QED) is 0.733. The molecule has 1 amide bonds. The number of carbonyl (C=O) groups is 1. The number of hydrogen-bond donors (Lipinski definition) is 2. The maximum Gasteiger partial charge on any atom is 0.272 e. The Morgan fingerprint density at radius 1 is 1.36 bits per heavy atom. The highest BCUT2D eigenvalue weighted by atomic mass is 16.5. The first-order valence-corrected chi connectivity index (χ1v) is 9.77. The molecule has 3 heterocycles. The fraction of sp³-hybridized carbons (Fsp3) is 0.364. The monoisotopic (exact) mass is 377 g/mol. The van der Waals surface area contributed by atoms with Gasteiger partial charge in [-0.25, -0.2) is 4.98 Å². The van der Waals surface area contributed by atoms with Crippen LogP contribution >= 0.6 is 0 Å². The summed E-state index contributed by atoms with van der Waals surface area (Å²) in [5.74, 6) is 0.961. The number of aromatic nitrogens is 2. The average Bonchev–Trinajstić information content (AvgIpc) is 3.30. The standard InChI is InChI=1S/C22H23N3O3/c1-13-3-2-7-25-12-18(23-21(13)25)22(27)24-20(16-10-17(26)11-16)15-4-5-19-14(9-15)6-8-28-19/h2-5,7,9,12,16-17,20,26H,6,8,10-11H2,1H3,(H,24,27)/t16?,17?,20-/m1/s1. The minimum absolute atomic E-state index is 0.146. The van der Waals surface area contributed by atoms with Gasteiger partial charge in [-0.3, -0.25) is 4.79 Å². The number of hydrogen-bond acceptors (Lipinski definition) is 4. The molecule has 1 saturated carbocycles. The summed E-state index contributed by atoms with van der Waals surface area (Å²) < 4.78 is 7.48. The molecule has 6 heteroatoms. The number of nitrogens with one attached hydrogen (secondary N) is 1. The first-order chi connectivity index (χ1) is 13.6. The van der Waals surface area contributed by atoms with Crippen molar-refractivity contribution < 1.29 is 14.6 Å². The molecule has 1 aliphatic carbocycles. The van der Waals surface area contributed by atoms with Crippen LogP contribution in [0.5, 0.6) is 5.75 Å². The second kappa shape index (κ2) is 6.63. The zero-order valence-electron chi connectivity index (χ0n) is 15.8. The number of pyridine rings is 1. The van der Waals surface area contributed by atoms with E-state index in [-0.39, 0.29) is 24.0 Å². The highest BCUT2D eigenvalue weighted by Crippen LogP contribution is 2.40. The van der Waals surface area contributed by atoms with Crippen molar-refractivity contribution in [2.75, 3.05) is 6.61 Å². The van der Waals surface area contributed by atoms with Gasteiger partial charge in [-0.1, -0.05) is 12.1 Å². The van der Waals surface area contributed by atoms with Gasteiger partial charge in [-0.15, -0.1) is 0 Å². The summed E-state index contributed by atoms with van der Waals surface area (Å²) in [5.41, 5.74) is 4.47. The van der Waals surface area contributed by atoms with Gasteiger partial charge in [0.1, 0.15) is 17.1 Å². The predicted molar refractivity (Wildman–Crippen MR) is 105 cm³/mol. The lowest BCUT2D eigenvalue weighted by molar-refractivity contribution is 0.0234. The van der Waals surface area contributed by atoms with Gasteiger partial charge in [0.2, 0.25) is 0 Å². The number of ether oxygens (including phenoxy) is 1. The van der Waals surface area contributed by atoms with Crippen molar-refractivity contribution in [1.82, 2.24) is 14.7 Å². The number of imidazole rings is 1. The van der Waals surface area contributed by atoms with Gasteiger partial charge in [0.15, 0.2) is 0 Å². The lowest BCUT2D eigenvalue weighted by atomic mass is 9.75. The van der Waals surface area contributed by atoms with Crippen LogP contribution in [0.3, 0.4) is 0 Å². The van der Waals surface area contributed by atoms with Crippen molar-refractivity contribution >= 4 is 11.6 Å². The number of amides is 1. The molecule has 2 N–H and O–H groups in total. The summed E-state index contributed by atoms with van der Waals surface area (Å²) in [6, 6.07) is 9.92. The van der Waals surface area contributed by atoms with E-state index in [2.05, 4.69) is 16.4 Å². The number of rotatable bonds is 4. The first-order valence-electron chi connectivity index (χ1n) is 9.77. The zero-order valence-corrected chi connectivity index (χ0v) is 15.8. The van der Waals surface area contributed by atoms with E-state index in [0.717, 1.165) is 28.9 Å². The van der Waals surface area contributed by atoms with Crippen LogP contribution in [-0.2, 0) is 6.42 Å². The van der Waals surface area contributed by atoms with E-state index in [0.29, 0.717) is 25.1 Å². The van der Waals surface area contributed by atoms with Crippen LogP contribution in [0, 0.1) is 12.8 Å². The van der Waals surface area contributed by atoms with E-state index in [9.17, 15) is 9.90 Å². The normalized spacial score (nSPS) is 21.6. The Bertz CT molecular complexity index is 1050. The fourth-order valence-corrected chi connectivity index (χ4v) is 4.25. The maximum absolute atomic E-state index is 13.0. The van der Waals surface area contributed by atoms with Crippen LogP contribution < -0.4 is 10.1 Å². The van der Waals surface area contributed by atoms with E-state index in [1.54, 1.807) is 6.20 Å². The van der Waals surface area contributed by atoms with Gasteiger partial charge in [0, 0.05) is 18.8 Å². The lowest BCUT2D eigenvalue weighted by Crippen LogP contribution is -2.41. The molecule has 144 valence electrons. The minimum atomic E-state index is -0.278. The molecule has 1 aliphatic heterocycles. The summed E-state index contributed by atoms with van der Waals surface area (Å²) in [6.45, 7) is 2.69. The molecule has 0 bridgehead atoms. The number of aliphatic hydroxyl groups is 1. The second-order valence-electron chi connectivity index (χ2n) is 7.85. The minimum Gasteiger partial charge on any atom is -0.493 e. The molecule has 1 atom stereocenters. The molecule has 3 aromatic rings. The SMILES string of the molecule is Cc1cccn2cc(C(=O)N[C@H](c3ccc4c(c3)CCO4)C3CC(O)C3)nc12. The van der Waals surface area contributed by atoms with Crippen molar-refractivity contribution in [2.24, 2.45) is 5.92 Å². The Hall–Kier alpha value is -2.86. The maximum atomic E-state index is 13.0.